The molecule has 1 fully saturated rings. The molecule has 1 saturated heterocycles. The van der Waals surface area contributed by atoms with E-state index in [1.807, 2.05) is 0 Å². The van der Waals surface area contributed by atoms with E-state index in [4.69, 9.17) is 5.11 Å². The monoisotopic (exact) mass is 292 g/mol. The molecule has 0 saturated carbocycles. The summed E-state index contributed by atoms with van der Waals surface area (Å²) in [6, 6.07) is 4.34. The van der Waals surface area contributed by atoms with Crippen molar-refractivity contribution in [2.24, 2.45) is 5.41 Å². The Morgan fingerprint density at radius 1 is 1.33 bits per heavy atom. The number of hydrogen-bond donors (Lipinski definition) is 1. The highest BCUT2D eigenvalue weighted by Crippen LogP contribution is 2.33. The average Bonchev–Trinajstić information content (AvgIpc) is 2.59. The molecule has 0 bridgehead atoms. The molecule has 6 nitrogen and oxygen atoms in total. The van der Waals surface area contributed by atoms with E-state index in [0.29, 0.717) is 0 Å². The smallest absolute Gasteiger partial charge is 0.342 e. The van der Waals surface area contributed by atoms with E-state index in [9.17, 15) is 14.9 Å². The number of nitrogens with zero attached hydrogens (tertiary/aromatic N) is 2. The van der Waals surface area contributed by atoms with Gasteiger partial charge in [0.25, 0.3) is 5.69 Å². The molecule has 0 spiro atoms. The van der Waals surface area contributed by atoms with Crippen LogP contribution in [0, 0.1) is 15.5 Å². The van der Waals surface area contributed by atoms with Crippen molar-refractivity contribution in [1.82, 2.24) is 0 Å². The van der Waals surface area contributed by atoms with Gasteiger partial charge >= 0.3 is 5.97 Å². The van der Waals surface area contributed by atoms with Gasteiger partial charge in [0, 0.05) is 24.8 Å². The van der Waals surface area contributed by atoms with Crippen LogP contribution in [0.25, 0.3) is 0 Å². The normalized spacial score (nSPS) is 18.1. The van der Waals surface area contributed by atoms with E-state index in [0.717, 1.165) is 38.0 Å². The van der Waals surface area contributed by atoms with Crippen molar-refractivity contribution < 1.29 is 14.8 Å². The molecule has 1 aromatic rings. The molecular weight excluding hydrogens is 272 g/mol. The molecule has 0 aromatic heterocycles. The number of anilines is 1. The maximum absolute atomic E-state index is 11.2. The molecular formula is C15H20N2O4. The predicted molar refractivity (Wildman–Crippen MR) is 79.9 cm³/mol. The summed E-state index contributed by atoms with van der Waals surface area (Å²) in [5, 5.41) is 20.0. The highest BCUT2D eigenvalue weighted by molar-refractivity contribution is 5.93. The highest BCUT2D eigenvalue weighted by atomic mass is 16.6. The molecule has 114 valence electrons. The van der Waals surface area contributed by atoms with E-state index in [-0.39, 0.29) is 16.7 Å². The van der Waals surface area contributed by atoms with Crippen LogP contribution in [-0.2, 0) is 0 Å². The molecule has 0 radical (unpaired) electrons. The molecule has 0 aliphatic carbocycles. The molecule has 0 atom stereocenters. The van der Waals surface area contributed by atoms with E-state index >= 15 is 0 Å². The van der Waals surface area contributed by atoms with E-state index in [2.05, 4.69) is 18.7 Å². The number of nitro benzene ring substituents is 1. The van der Waals surface area contributed by atoms with Gasteiger partial charge in [0.15, 0.2) is 0 Å². The summed E-state index contributed by atoms with van der Waals surface area (Å²) >= 11 is 0. The number of aromatic carboxylic acids is 1. The van der Waals surface area contributed by atoms with Crippen molar-refractivity contribution in [3.63, 3.8) is 0 Å². The summed E-state index contributed by atoms with van der Waals surface area (Å²) in [5.41, 5.74) is 0.420. The summed E-state index contributed by atoms with van der Waals surface area (Å²) in [6.07, 6.45) is 3.18. The van der Waals surface area contributed by atoms with Gasteiger partial charge in [-0.3, -0.25) is 10.1 Å². The molecule has 1 N–H and O–H groups in total. The van der Waals surface area contributed by atoms with Crippen molar-refractivity contribution in [2.75, 3.05) is 18.0 Å². The number of benzene rings is 1. The Morgan fingerprint density at radius 2 is 2.05 bits per heavy atom. The first-order chi connectivity index (χ1) is 9.80. The lowest BCUT2D eigenvalue weighted by Gasteiger charge is -2.25. The minimum atomic E-state index is -1.27. The van der Waals surface area contributed by atoms with Crippen molar-refractivity contribution >= 4 is 17.3 Å². The quantitative estimate of drug-likeness (QED) is 0.682. The molecule has 0 amide bonds. The van der Waals surface area contributed by atoms with Crippen LogP contribution in [0.5, 0.6) is 0 Å². The second-order valence-electron chi connectivity index (χ2n) is 6.27. The first-order valence-electron chi connectivity index (χ1n) is 7.07. The molecule has 6 heteroatoms. The topological polar surface area (TPSA) is 83.7 Å². The number of carboxylic acids is 1. The van der Waals surface area contributed by atoms with Gasteiger partial charge in [-0.1, -0.05) is 13.8 Å². The third-order valence-electron chi connectivity index (χ3n) is 4.11. The first-order valence-corrected chi connectivity index (χ1v) is 7.07. The first kappa shape index (κ1) is 15.3. The fourth-order valence-corrected chi connectivity index (χ4v) is 2.73. The second kappa shape index (κ2) is 5.71. The lowest BCUT2D eigenvalue weighted by molar-refractivity contribution is -0.385. The van der Waals surface area contributed by atoms with Crippen molar-refractivity contribution in [3.8, 4) is 0 Å². The Hall–Kier alpha value is -2.11. The summed E-state index contributed by atoms with van der Waals surface area (Å²) in [6.45, 7) is 6.15. The van der Waals surface area contributed by atoms with Crippen LogP contribution in [0.3, 0.4) is 0 Å². The Kier molecular flexibility index (Phi) is 4.16. The van der Waals surface area contributed by atoms with Gasteiger partial charge in [0.05, 0.1) is 4.92 Å². The number of hydrogen-bond acceptors (Lipinski definition) is 4. The minimum Gasteiger partial charge on any atom is -0.477 e. The van der Waals surface area contributed by atoms with Crippen molar-refractivity contribution in [3.05, 3.63) is 33.9 Å². The van der Waals surface area contributed by atoms with Gasteiger partial charge in [-0.05, 0) is 36.8 Å². The van der Waals surface area contributed by atoms with Gasteiger partial charge in [-0.15, -0.1) is 0 Å². The third-order valence-corrected chi connectivity index (χ3v) is 4.11. The minimum absolute atomic E-state index is 0.249. The van der Waals surface area contributed by atoms with Gasteiger partial charge in [-0.2, -0.15) is 0 Å². The Labute approximate surface area is 123 Å². The Morgan fingerprint density at radius 3 is 2.67 bits per heavy atom. The molecule has 2 rings (SSSR count). The predicted octanol–water partition coefficient (Wildman–Crippen LogP) is 3.31. The summed E-state index contributed by atoms with van der Waals surface area (Å²) in [5.74, 6) is -1.27. The molecule has 1 aromatic carbocycles. The number of rotatable bonds is 3. The van der Waals surface area contributed by atoms with Gasteiger partial charge < -0.3 is 10.0 Å². The van der Waals surface area contributed by atoms with Crippen molar-refractivity contribution in [1.29, 1.82) is 0 Å². The Balaban J connectivity index is 2.30. The van der Waals surface area contributed by atoms with E-state index in [1.165, 1.54) is 12.1 Å². The molecule has 1 aliphatic heterocycles. The fraction of sp³-hybridized carbons (Fsp3) is 0.533. The number of nitro groups is 1. The van der Waals surface area contributed by atoms with Crippen LogP contribution in [0.2, 0.25) is 0 Å². The van der Waals surface area contributed by atoms with E-state index < -0.39 is 10.9 Å². The molecule has 1 aliphatic rings. The largest absolute Gasteiger partial charge is 0.477 e. The third kappa shape index (κ3) is 3.51. The number of carboxylic acid groups (broad SMARTS) is 1. The zero-order valence-corrected chi connectivity index (χ0v) is 12.3. The van der Waals surface area contributed by atoms with Gasteiger partial charge in [0.2, 0.25) is 0 Å². The van der Waals surface area contributed by atoms with Crippen LogP contribution in [0.1, 0.15) is 43.5 Å². The lowest BCUT2D eigenvalue weighted by atomic mass is 9.85. The fourth-order valence-electron chi connectivity index (χ4n) is 2.73. The molecule has 21 heavy (non-hydrogen) atoms. The maximum Gasteiger partial charge on any atom is 0.342 e. The summed E-state index contributed by atoms with van der Waals surface area (Å²) in [7, 11) is 0. The zero-order chi connectivity index (χ0) is 15.6. The summed E-state index contributed by atoms with van der Waals surface area (Å²) < 4.78 is 0. The number of carbonyl (C=O) groups is 1. The highest BCUT2D eigenvalue weighted by Gasteiger charge is 2.25. The van der Waals surface area contributed by atoms with Gasteiger partial charge in [0.1, 0.15) is 5.56 Å². The lowest BCUT2D eigenvalue weighted by Crippen LogP contribution is -2.25. The Bertz CT molecular complexity index is 569. The maximum atomic E-state index is 11.2. The molecule has 0 unspecified atom stereocenters. The molecule has 1 heterocycles. The van der Waals surface area contributed by atoms with Crippen LogP contribution in [0.4, 0.5) is 11.4 Å². The summed E-state index contributed by atoms with van der Waals surface area (Å²) in [4.78, 5) is 23.6. The van der Waals surface area contributed by atoms with Crippen LogP contribution in [-0.4, -0.2) is 29.1 Å². The van der Waals surface area contributed by atoms with Gasteiger partial charge in [-0.25, -0.2) is 4.79 Å². The zero-order valence-electron chi connectivity index (χ0n) is 12.3. The van der Waals surface area contributed by atoms with Crippen LogP contribution >= 0.6 is 0 Å². The average molecular weight is 292 g/mol. The van der Waals surface area contributed by atoms with Crippen LogP contribution in [0.15, 0.2) is 18.2 Å². The van der Waals surface area contributed by atoms with E-state index in [1.54, 1.807) is 6.07 Å². The standard InChI is InChI=1S/C15H20N2O4/c1-15(2)6-3-8-16(9-7-15)11-4-5-13(17(20)21)12(10-11)14(18)19/h4-5,10H,3,6-9H2,1-2H3,(H,18,19). The SMILES string of the molecule is CC1(C)CCCN(c2ccc([N+](=O)[O-])c(C(=O)O)c2)CC1. The second-order valence-corrected chi connectivity index (χ2v) is 6.27. The van der Waals surface area contributed by atoms with Crippen molar-refractivity contribution in [2.45, 2.75) is 33.1 Å². The van der Waals surface area contributed by atoms with Crippen LogP contribution < -0.4 is 4.90 Å².